The number of ether oxygens (including phenoxy) is 1. The van der Waals surface area contributed by atoms with E-state index in [1.165, 1.54) is 5.56 Å². The van der Waals surface area contributed by atoms with Gasteiger partial charge in [0.1, 0.15) is 5.82 Å². The molecule has 1 N–H and O–H groups in total. The third-order valence-electron chi connectivity index (χ3n) is 2.47. The predicted molar refractivity (Wildman–Crippen MR) is 74.5 cm³/mol. The molecule has 0 amide bonds. The van der Waals surface area contributed by atoms with Gasteiger partial charge in [-0.15, -0.1) is 0 Å². The van der Waals surface area contributed by atoms with Crippen LogP contribution in [0.3, 0.4) is 0 Å². The van der Waals surface area contributed by atoms with Gasteiger partial charge >= 0.3 is 0 Å². The van der Waals surface area contributed by atoms with Gasteiger partial charge in [-0.1, -0.05) is 6.92 Å². The molecule has 17 heavy (non-hydrogen) atoms. The molecule has 1 aromatic heterocycles. The topological polar surface area (TPSA) is 37.4 Å². The number of halogens is 1. The maximum Gasteiger partial charge on any atom is 0.132 e. The molecule has 0 spiro atoms. The van der Waals surface area contributed by atoms with Gasteiger partial charge in [-0.05, 0) is 28.5 Å². The molecular formula is C12H20BrN3O. The molecule has 0 aliphatic rings. The molecule has 5 heteroatoms. The second kappa shape index (κ2) is 7.63. The van der Waals surface area contributed by atoms with Crippen LogP contribution in [-0.4, -0.2) is 38.8 Å². The highest BCUT2D eigenvalue weighted by Gasteiger charge is 2.09. The van der Waals surface area contributed by atoms with Gasteiger partial charge < -0.3 is 15.0 Å². The number of anilines is 1. The zero-order valence-corrected chi connectivity index (χ0v) is 12.2. The standard InChI is InChI=1S/C12H20BrN3O/c1-4-14-8-10-7-11(13)9-15-12(10)16(2)5-6-17-3/h7,9,14H,4-6,8H2,1-3H3. The van der Waals surface area contributed by atoms with Gasteiger partial charge in [-0.3, -0.25) is 0 Å². The molecule has 0 atom stereocenters. The largest absolute Gasteiger partial charge is 0.383 e. The molecule has 0 fully saturated rings. The molecule has 0 aliphatic carbocycles. The molecule has 0 bridgehead atoms. The number of hydrogen-bond acceptors (Lipinski definition) is 4. The Labute approximate surface area is 111 Å². The molecule has 4 nitrogen and oxygen atoms in total. The number of methoxy groups -OCH3 is 1. The fraction of sp³-hybridized carbons (Fsp3) is 0.583. The van der Waals surface area contributed by atoms with Gasteiger partial charge in [0.25, 0.3) is 0 Å². The Balaban J connectivity index is 2.80. The van der Waals surface area contributed by atoms with Gasteiger partial charge in [0.2, 0.25) is 0 Å². The van der Waals surface area contributed by atoms with E-state index >= 15 is 0 Å². The molecule has 0 unspecified atom stereocenters. The summed E-state index contributed by atoms with van der Waals surface area (Å²) in [5.74, 6) is 1.01. The van der Waals surface area contributed by atoms with E-state index in [0.29, 0.717) is 6.61 Å². The minimum atomic E-state index is 0.703. The van der Waals surface area contributed by atoms with Gasteiger partial charge in [-0.2, -0.15) is 0 Å². The zero-order chi connectivity index (χ0) is 12.7. The second-order valence-electron chi connectivity index (χ2n) is 3.83. The van der Waals surface area contributed by atoms with E-state index in [9.17, 15) is 0 Å². The van der Waals surface area contributed by atoms with Gasteiger partial charge in [0, 0.05) is 43.5 Å². The van der Waals surface area contributed by atoms with E-state index in [-0.39, 0.29) is 0 Å². The first kappa shape index (κ1) is 14.4. The van der Waals surface area contributed by atoms with Crippen molar-refractivity contribution in [3.05, 3.63) is 22.3 Å². The highest BCUT2D eigenvalue weighted by molar-refractivity contribution is 9.10. The average Bonchev–Trinajstić information content (AvgIpc) is 2.33. The monoisotopic (exact) mass is 301 g/mol. The molecule has 1 heterocycles. The third kappa shape index (κ3) is 4.61. The maximum absolute atomic E-state index is 5.08. The first-order valence-electron chi connectivity index (χ1n) is 5.74. The van der Waals surface area contributed by atoms with Crippen LogP contribution in [0.2, 0.25) is 0 Å². The molecule has 1 aromatic rings. The van der Waals surface area contributed by atoms with Crippen LogP contribution in [0, 0.1) is 0 Å². The fourth-order valence-electron chi connectivity index (χ4n) is 1.54. The summed E-state index contributed by atoms with van der Waals surface area (Å²) in [5, 5.41) is 3.32. The lowest BCUT2D eigenvalue weighted by Crippen LogP contribution is -2.25. The van der Waals surface area contributed by atoms with Crippen LogP contribution in [0.4, 0.5) is 5.82 Å². The molecule has 0 aromatic carbocycles. The van der Waals surface area contributed by atoms with E-state index in [1.54, 1.807) is 7.11 Å². The van der Waals surface area contributed by atoms with Gasteiger partial charge in [0.05, 0.1) is 6.61 Å². The quantitative estimate of drug-likeness (QED) is 0.836. The van der Waals surface area contributed by atoms with Crippen LogP contribution in [0.25, 0.3) is 0 Å². The van der Waals surface area contributed by atoms with Crippen LogP contribution in [0.5, 0.6) is 0 Å². The molecule has 0 aliphatic heterocycles. The zero-order valence-electron chi connectivity index (χ0n) is 10.7. The molecule has 96 valence electrons. The van der Waals surface area contributed by atoms with Crippen LogP contribution in [-0.2, 0) is 11.3 Å². The normalized spacial score (nSPS) is 10.6. The summed E-state index contributed by atoms with van der Waals surface area (Å²) in [7, 11) is 3.74. The maximum atomic E-state index is 5.08. The second-order valence-corrected chi connectivity index (χ2v) is 4.75. The number of likely N-dealkylation sites (N-methyl/N-ethyl adjacent to an activating group) is 1. The minimum absolute atomic E-state index is 0.703. The molecule has 0 radical (unpaired) electrons. The van der Waals surface area contributed by atoms with E-state index in [4.69, 9.17) is 4.74 Å². The van der Waals surface area contributed by atoms with Crippen molar-refractivity contribution in [2.75, 3.05) is 38.8 Å². The molecule has 0 saturated carbocycles. The van der Waals surface area contributed by atoms with Gasteiger partial charge in [-0.25, -0.2) is 4.98 Å². The van der Waals surface area contributed by atoms with Crippen molar-refractivity contribution in [1.82, 2.24) is 10.3 Å². The van der Waals surface area contributed by atoms with Crippen molar-refractivity contribution in [3.8, 4) is 0 Å². The Kier molecular flexibility index (Phi) is 6.47. The summed E-state index contributed by atoms with van der Waals surface area (Å²) in [4.78, 5) is 6.58. The van der Waals surface area contributed by atoms with E-state index in [2.05, 4.69) is 44.1 Å². The Bertz CT molecular complexity index is 347. The number of nitrogens with one attached hydrogen (secondary N) is 1. The number of hydrogen-bond donors (Lipinski definition) is 1. The fourth-order valence-corrected chi connectivity index (χ4v) is 1.92. The minimum Gasteiger partial charge on any atom is -0.383 e. The summed E-state index contributed by atoms with van der Waals surface area (Å²) in [5.41, 5.74) is 1.19. The Morgan fingerprint density at radius 2 is 2.29 bits per heavy atom. The highest BCUT2D eigenvalue weighted by atomic mass is 79.9. The predicted octanol–water partition coefficient (Wildman–Crippen LogP) is 2.04. The van der Waals surface area contributed by atoms with Crippen molar-refractivity contribution in [2.45, 2.75) is 13.5 Å². The first-order chi connectivity index (χ1) is 8.19. The Morgan fingerprint density at radius 3 is 2.94 bits per heavy atom. The summed E-state index contributed by atoms with van der Waals surface area (Å²) in [6, 6.07) is 2.11. The number of aromatic nitrogens is 1. The highest BCUT2D eigenvalue weighted by Crippen LogP contribution is 2.20. The number of pyridine rings is 1. The summed E-state index contributed by atoms with van der Waals surface area (Å²) >= 11 is 3.46. The summed E-state index contributed by atoms with van der Waals surface area (Å²) < 4.78 is 6.09. The van der Waals surface area contributed by atoms with Crippen LogP contribution >= 0.6 is 15.9 Å². The van der Waals surface area contributed by atoms with Crippen molar-refractivity contribution < 1.29 is 4.74 Å². The molecular weight excluding hydrogens is 282 g/mol. The van der Waals surface area contributed by atoms with E-state index in [1.807, 2.05) is 13.2 Å². The lowest BCUT2D eigenvalue weighted by atomic mass is 10.2. The Hall–Kier alpha value is -0.650. The molecule has 0 saturated heterocycles. The van der Waals surface area contributed by atoms with Crippen molar-refractivity contribution >= 4 is 21.7 Å². The van der Waals surface area contributed by atoms with Crippen LogP contribution < -0.4 is 10.2 Å². The average molecular weight is 302 g/mol. The lowest BCUT2D eigenvalue weighted by molar-refractivity contribution is 0.206. The number of rotatable bonds is 7. The van der Waals surface area contributed by atoms with E-state index in [0.717, 1.165) is 29.9 Å². The van der Waals surface area contributed by atoms with Crippen LogP contribution in [0.1, 0.15) is 12.5 Å². The van der Waals surface area contributed by atoms with Crippen molar-refractivity contribution in [1.29, 1.82) is 0 Å². The smallest absolute Gasteiger partial charge is 0.132 e. The van der Waals surface area contributed by atoms with Crippen molar-refractivity contribution in [2.24, 2.45) is 0 Å². The van der Waals surface area contributed by atoms with E-state index < -0.39 is 0 Å². The van der Waals surface area contributed by atoms with Crippen molar-refractivity contribution in [3.63, 3.8) is 0 Å². The third-order valence-corrected chi connectivity index (χ3v) is 2.90. The molecule has 1 rings (SSSR count). The van der Waals surface area contributed by atoms with Crippen LogP contribution in [0.15, 0.2) is 16.7 Å². The van der Waals surface area contributed by atoms with Gasteiger partial charge in [0.15, 0.2) is 0 Å². The first-order valence-corrected chi connectivity index (χ1v) is 6.53. The summed E-state index contributed by atoms with van der Waals surface area (Å²) in [6.45, 7) is 5.42. The lowest BCUT2D eigenvalue weighted by Gasteiger charge is -2.21. The Morgan fingerprint density at radius 1 is 1.53 bits per heavy atom. The SMILES string of the molecule is CCNCc1cc(Br)cnc1N(C)CCOC. The summed E-state index contributed by atoms with van der Waals surface area (Å²) in [6.07, 6.45) is 1.83. The number of nitrogens with zero attached hydrogens (tertiary/aromatic N) is 2.